The Hall–Kier alpha value is -0.760. The van der Waals surface area contributed by atoms with Gasteiger partial charge in [-0.15, -0.1) is 0 Å². The molecule has 0 heterocycles. The highest BCUT2D eigenvalue weighted by atomic mass is 32.2. The molecular formula is C9H12OS. The van der Waals surface area contributed by atoms with E-state index in [9.17, 15) is 4.21 Å². The van der Waals surface area contributed by atoms with Crippen molar-refractivity contribution in [2.45, 2.75) is 11.8 Å². The molecule has 0 fully saturated rings. The van der Waals surface area contributed by atoms with Crippen molar-refractivity contribution >= 4 is 15.4 Å². The third-order valence-corrected chi connectivity index (χ3v) is 3.70. The maximum absolute atomic E-state index is 11.6. The van der Waals surface area contributed by atoms with E-state index in [0.717, 1.165) is 4.90 Å². The molecular weight excluding hydrogens is 156 g/mol. The molecule has 0 aliphatic heterocycles. The summed E-state index contributed by atoms with van der Waals surface area (Å²) in [7, 11) is -2.00. The first-order valence-corrected chi connectivity index (χ1v) is 5.46. The lowest BCUT2D eigenvalue weighted by Crippen LogP contribution is -2.02. The van der Waals surface area contributed by atoms with E-state index in [4.69, 9.17) is 0 Å². The van der Waals surface area contributed by atoms with Crippen LogP contribution in [0.1, 0.15) is 6.92 Å². The summed E-state index contributed by atoms with van der Waals surface area (Å²) < 4.78 is 11.6. The molecule has 1 aromatic rings. The average molecular weight is 168 g/mol. The van der Waals surface area contributed by atoms with E-state index in [1.165, 1.54) is 0 Å². The van der Waals surface area contributed by atoms with E-state index in [2.05, 4.69) is 5.87 Å². The summed E-state index contributed by atoms with van der Waals surface area (Å²) in [6.07, 6.45) is 0. The SMILES string of the molecule is C=S(=O)(CC)c1ccccc1. The molecule has 0 spiro atoms. The largest absolute Gasteiger partial charge is 0.263 e. The molecule has 0 bridgehead atoms. The lowest BCUT2D eigenvalue weighted by atomic mass is 10.4. The van der Waals surface area contributed by atoms with Crippen molar-refractivity contribution in [2.75, 3.05) is 5.75 Å². The summed E-state index contributed by atoms with van der Waals surface area (Å²) in [4.78, 5) is 0.850. The second-order valence-electron chi connectivity index (χ2n) is 2.41. The van der Waals surface area contributed by atoms with Gasteiger partial charge in [0.2, 0.25) is 0 Å². The van der Waals surface area contributed by atoms with Crippen LogP contribution in [0.15, 0.2) is 35.2 Å². The Kier molecular flexibility index (Phi) is 2.35. The zero-order chi connectivity index (χ0) is 8.32. The van der Waals surface area contributed by atoms with Crippen molar-refractivity contribution in [2.24, 2.45) is 0 Å². The monoisotopic (exact) mass is 168 g/mol. The molecule has 11 heavy (non-hydrogen) atoms. The Morgan fingerprint density at radius 2 is 1.91 bits per heavy atom. The normalized spacial score (nSPS) is 15.7. The van der Waals surface area contributed by atoms with Crippen LogP contribution in [0.3, 0.4) is 0 Å². The highest BCUT2D eigenvalue weighted by molar-refractivity contribution is 8.00. The van der Waals surface area contributed by atoms with Gasteiger partial charge < -0.3 is 0 Å². The van der Waals surface area contributed by atoms with Gasteiger partial charge in [0.1, 0.15) is 0 Å². The van der Waals surface area contributed by atoms with Crippen molar-refractivity contribution in [1.29, 1.82) is 0 Å². The summed E-state index contributed by atoms with van der Waals surface area (Å²) >= 11 is 0. The summed E-state index contributed by atoms with van der Waals surface area (Å²) in [6, 6.07) is 9.40. The molecule has 0 amide bonds. The van der Waals surface area contributed by atoms with E-state index in [-0.39, 0.29) is 0 Å². The molecule has 0 aliphatic carbocycles. The Labute approximate surface area is 68.1 Å². The van der Waals surface area contributed by atoms with E-state index < -0.39 is 9.52 Å². The number of hydrogen-bond donors (Lipinski definition) is 0. The van der Waals surface area contributed by atoms with Crippen LogP contribution in [-0.4, -0.2) is 15.8 Å². The lowest BCUT2D eigenvalue weighted by Gasteiger charge is -2.04. The lowest BCUT2D eigenvalue weighted by molar-refractivity contribution is 0.682. The van der Waals surface area contributed by atoms with Crippen LogP contribution in [-0.2, 0) is 9.52 Å². The maximum atomic E-state index is 11.6. The number of benzene rings is 1. The van der Waals surface area contributed by atoms with Gasteiger partial charge in [-0.25, -0.2) is 0 Å². The number of hydrogen-bond acceptors (Lipinski definition) is 1. The second kappa shape index (κ2) is 3.09. The minimum Gasteiger partial charge on any atom is -0.263 e. The van der Waals surface area contributed by atoms with Crippen molar-refractivity contribution < 1.29 is 4.21 Å². The average Bonchev–Trinajstić information content (AvgIpc) is 2.06. The fourth-order valence-corrected chi connectivity index (χ4v) is 1.82. The molecule has 0 saturated heterocycles. The summed E-state index contributed by atoms with van der Waals surface area (Å²) in [6.45, 7) is 1.89. The molecule has 0 aromatic heterocycles. The van der Waals surface area contributed by atoms with Gasteiger partial charge in [-0.3, -0.25) is 4.21 Å². The van der Waals surface area contributed by atoms with Crippen LogP contribution in [0.2, 0.25) is 0 Å². The first-order valence-electron chi connectivity index (χ1n) is 3.57. The van der Waals surface area contributed by atoms with Crippen LogP contribution in [0, 0.1) is 0 Å². The maximum Gasteiger partial charge on any atom is 0.0304 e. The summed E-state index contributed by atoms with van der Waals surface area (Å²) in [5.41, 5.74) is 0. The molecule has 1 aromatic carbocycles. The molecule has 60 valence electrons. The Morgan fingerprint density at radius 3 is 2.36 bits per heavy atom. The van der Waals surface area contributed by atoms with Crippen molar-refractivity contribution in [3.8, 4) is 0 Å². The molecule has 1 atom stereocenters. The van der Waals surface area contributed by atoms with Crippen molar-refractivity contribution in [3.05, 3.63) is 30.3 Å². The third-order valence-electron chi connectivity index (χ3n) is 1.64. The molecule has 1 unspecified atom stereocenters. The van der Waals surface area contributed by atoms with Gasteiger partial charge in [-0.05, 0) is 27.5 Å². The fraction of sp³-hybridized carbons (Fsp3) is 0.222. The van der Waals surface area contributed by atoms with Crippen LogP contribution in [0.25, 0.3) is 0 Å². The van der Waals surface area contributed by atoms with Gasteiger partial charge in [0.25, 0.3) is 0 Å². The van der Waals surface area contributed by atoms with Gasteiger partial charge in [0.05, 0.1) is 0 Å². The number of rotatable bonds is 2. The predicted molar refractivity (Wildman–Crippen MR) is 50.5 cm³/mol. The molecule has 1 nitrogen and oxygen atoms in total. The van der Waals surface area contributed by atoms with Crippen LogP contribution in [0.5, 0.6) is 0 Å². The van der Waals surface area contributed by atoms with Crippen molar-refractivity contribution in [3.63, 3.8) is 0 Å². The van der Waals surface area contributed by atoms with Gasteiger partial charge in [0, 0.05) is 10.6 Å². The van der Waals surface area contributed by atoms with Crippen molar-refractivity contribution in [1.82, 2.24) is 0 Å². The molecule has 0 radical (unpaired) electrons. The predicted octanol–water partition coefficient (Wildman–Crippen LogP) is 1.78. The molecule has 2 heteroatoms. The molecule has 0 N–H and O–H groups in total. The topological polar surface area (TPSA) is 17.1 Å². The third kappa shape index (κ3) is 1.84. The fourth-order valence-electron chi connectivity index (χ4n) is 0.835. The van der Waals surface area contributed by atoms with Gasteiger partial charge >= 0.3 is 0 Å². The quantitative estimate of drug-likeness (QED) is 0.615. The Bertz CT molecular complexity index is 311. The summed E-state index contributed by atoms with van der Waals surface area (Å²) in [5, 5.41) is 0. The minimum absolute atomic E-state index is 0.608. The van der Waals surface area contributed by atoms with E-state index in [1.807, 2.05) is 37.3 Å². The van der Waals surface area contributed by atoms with E-state index in [1.54, 1.807) is 0 Å². The Morgan fingerprint density at radius 1 is 1.36 bits per heavy atom. The molecule has 0 aliphatic rings. The van der Waals surface area contributed by atoms with Crippen LogP contribution >= 0.6 is 0 Å². The van der Waals surface area contributed by atoms with Gasteiger partial charge in [0.15, 0.2) is 0 Å². The first kappa shape index (κ1) is 8.34. The Balaban J connectivity index is 3.14. The second-order valence-corrected chi connectivity index (χ2v) is 5.09. The van der Waals surface area contributed by atoms with E-state index >= 15 is 0 Å². The minimum atomic E-state index is -2.00. The summed E-state index contributed by atoms with van der Waals surface area (Å²) in [5.74, 6) is 4.29. The van der Waals surface area contributed by atoms with Gasteiger partial charge in [-0.2, -0.15) is 0 Å². The highest BCUT2D eigenvalue weighted by Gasteiger charge is 2.01. The zero-order valence-electron chi connectivity index (χ0n) is 6.62. The molecule has 1 rings (SSSR count). The van der Waals surface area contributed by atoms with Gasteiger partial charge in [-0.1, -0.05) is 25.1 Å². The first-order chi connectivity index (χ1) is 5.17. The molecule has 0 saturated carbocycles. The van der Waals surface area contributed by atoms with E-state index in [0.29, 0.717) is 5.75 Å². The smallest absolute Gasteiger partial charge is 0.0304 e. The zero-order valence-corrected chi connectivity index (χ0v) is 7.43. The van der Waals surface area contributed by atoms with Crippen LogP contribution < -0.4 is 0 Å². The van der Waals surface area contributed by atoms with Crippen LogP contribution in [0.4, 0.5) is 0 Å². The standard InChI is InChI=1S/C9H12OS/c1-3-11(2,10)9-7-5-4-6-8-9/h4-8H,2-3H2,1H3. The highest BCUT2D eigenvalue weighted by Crippen LogP contribution is 2.08.